The predicted molar refractivity (Wildman–Crippen MR) is 141 cm³/mol. The third-order valence-corrected chi connectivity index (χ3v) is 10.6. The molecule has 6 heteroatoms. The second kappa shape index (κ2) is 8.04. The van der Waals surface area contributed by atoms with Crippen molar-refractivity contribution < 1.29 is 0 Å². The van der Waals surface area contributed by atoms with Crippen LogP contribution >= 0.6 is 68.0 Å². The molecule has 0 amide bonds. The summed E-state index contributed by atoms with van der Waals surface area (Å²) in [6.45, 7) is 0. The molecular formula is C24H14S6. The summed E-state index contributed by atoms with van der Waals surface area (Å²) >= 11 is 11.0. The summed E-state index contributed by atoms with van der Waals surface area (Å²) in [5, 5.41) is 13.2. The Bertz CT molecular complexity index is 1280. The van der Waals surface area contributed by atoms with E-state index >= 15 is 0 Å². The number of thiophene rings is 6. The number of rotatable bonds is 5. The van der Waals surface area contributed by atoms with Crippen molar-refractivity contribution in [2.75, 3.05) is 0 Å². The van der Waals surface area contributed by atoms with Crippen LogP contribution in [-0.2, 0) is 0 Å². The van der Waals surface area contributed by atoms with Gasteiger partial charge in [-0.2, -0.15) is 0 Å². The van der Waals surface area contributed by atoms with E-state index in [-0.39, 0.29) is 0 Å². The Labute approximate surface area is 199 Å². The van der Waals surface area contributed by atoms with E-state index in [1.165, 1.54) is 51.5 Å². The fourth-order valence-electron chi connectivity index (χ4n) is 3.62. The summed E-state index contributed by atoms with van der Waals surface area (Å²) in [6.07, 6.45) is 0. The Morgan fingerprint density at radius 2 is 0.767 bits per heavy atom. The van der Waals surface area contributed by atoms with Crippen molar-refractivity contribution in [1.82, 2.24) is 0 Å². The highest BCUT2D eigenvalue weighted by Crippen LogP contribution is 2.50. The quantitative estimate of drug-likeness (QED) is 0.223. The van der Waals surface area contributed by atoms with E-state index in [9.17, 15) is 0 Å². The van der Waals surface area contributed by atoms with Crippen molar-refractivity contribution in [3.63, 3.8) is 0 Å². The molecular weight excluding hydrogens is 481 g/mol. The van der Waals surface area contributed by atoms with E-state index in [0.717, 1.165) is 0 Å². The normalized spacial score (nSPS) is 11.3. The lowest BCUT2D eigenvalue weighted by molar-refractivity contribution is 1.79. The van der Waals surface area contributed by atoms with Crippen molar-refractivity contribution in [1.29, 1.82) is 0 Å². The third-order valence-electron chi connectivity index (χ3n) is 4.93. The highest BCUT2D eigenvalue weighted by molar-refractivity contribution is 7.22. The SMILES string of the molecule is c1csc(-c2ccsc2-c2ccsc2-c2ccsc2-c2ccsc2-c2cccs2)c1. The van der Waals surface area contributed by atoms with Gasteiger partial charge < -0.3 is 0 Å². The van der Waals surface area contributed by atoms with Gasteiger partial charge in [-0.05, 0) is 68.7 Å². The first-order valence-electron chi connectivity index (χ1n) is 9.29. The molecule has 0 saturated heterocycles. The fourth-order valence-corrected chi connectivity index (χ4v) is 9.24. The van der Waals surface area contributed by atoms with Crippen molar-refractivity contribution in [3.05, 3.63) is 80.8 Å². The van der Waals surface area contributed by atoms with Crippen LogP contribution in [0.4, 0.5) is 0 Å². The van der Waals surface area contributed by atoms with Gasteiger partial charge in [-0.25, -0.2) is 0 Å². The van der Waals surface area contributed by atoms with Gasteiger partial charge in [-0.3, -0.25) is 0 Å². The Morgan fingerprint density at radius 3 is 1.30 bits per heavy atom. The Morgan fingerprint density at radius 1 is 0.333 bits per heavy atom. The molecule has 0 radical (unpaired) electrons. The molecule has 0 nitrogen and oxygen atoms in total. The Balaban J connectivity index is 1.49. The maximum atomic E-state index is 2.30. The molecule has 6 aromatic rings. The lowest BCUT2D eigenvalue weighted by Gasteiger charge is -2.07. The molecule has 146 valence electrons. The highest BCUT2D eigenvalue weighted by Gasteiger charge is 2.21. The molecule has 6 aromatic heterocycles. The van der Waals surface area contributed by atoms with Crippen LogP contribution in [0.5, 0.6) is 0 Å². The molecule has 0 aromatic carbocycles. The Kier molecular flexibility index (Phi) is 5.07. The zero-order valence-electron chi connectivity index (χ0n) is 15.5. The van der Waals surface area contributed by atoms with Crippen molar-refractivity contribution in [2.24, 2.45) is 0 Å². The molecule has 0 aliphatic rings. The van der Waals surface area contributed by atoms with Crippen molar-refractivity contribution in [3.8, 4) is 51.5 Å². The number of hydrogen-bond donors (Lipinski definition) is 0. The molecule has 0 fully saturated rings. The van der Waals surface area contributed by atoms with Gasteiger partial charge in [0.2, 0.25) is 0 Å². The van der Waals surface area contributed by atoms with E-state index in [2.05, 4.69) is 80.8 Å². The average molecular weight is 495 g/mol. The first kappa shape index (κ1) is 18.9. The lowest BCUT2D eigenvalue weighted by atomic mass is 10.0. The molecule has 0 aliphatic heterocycles. The van der Waals surface area contributed by atoms with Crippen LogP contribution in [-0.4, -0.2) is 0 Å². The average Bonchev–Trinajstić information content (AvgIpc) is 3.60. The van der Waals surface area contributed by atoms with E-state index < -0.39 is 0 Å². The minimum Gasteiger partial charge on any atom is -0.144 e. The largest absolute Gasteiger partial charge is 0.144 e. The first-order chi connectivity index (χ1) is 14.9. The molecule has 0 N–H and O–H groups in total. The van der Waals surface area contributed by atoms with Gasteiger partial charge in [0.15, 0.2) is 0 Å². The number of hydrogen-bond acceptors (Lipinski definition) is 6. The molecule has 30 heavy (non-hydrogen) atoms. The molecule has 0 atom stereocenters. The van der Waals surface area contributed by atoms with Gasteiger partial charge in [0.25, 0.3) is 0 Å². The van der Waals surface area contributed by atoms with Crippen LogP contribution in [0, 0.1) is 0 Å². The molecule has 0 unspecified atom stereocenters. The minimum atomic E-state index is 1.34. The standard InChI is InChI=1S/C24H14S6/c1-3-19(25-9-1)15-5-11-27-21(15)16-6-12-28-22(16)17-7-13-29-23(17)18-8-14-30-24(18)20-4-2-10-26-20/h1-14H. The van der Waals surface area contributed by atoms with Gasteiger partial charge in [-0.1, -0.05) is 12.1 Å². The van der Waals surface area contributed by atoms with E-state index in [0.29, 0.717) is 0 Å². The molecule has 6 rings (SSSR count). The fraction of sp³-hybridized carbons (Fsp3) is 0. The zero-order chi connectivity index (χ0) is 19.9. The van der Waals surface area contributed by atoms with Gasteiger partial charge in [-0.15, -0.1) is 68.0 Å². The van der Waals surface area contributed by atoms with Gasteiger partial charge in [0, 0.05) is 46.6 Å². The van der Waals surface area contributed by atoms with Crippen LogP contribution in [0.25, 0.3) is 51.5 Å². The van der Waals surface area contributed by atoms with E-state index in [1.54, 1.807) is 0 Å². The summed E-state index contributed by atoms with van der Waals surface area (Å²) in [5.74, 6) is 0. The van der Waals surface area contributed by atoms with E-state index in [1.807, 2.05) is 68.0 Å². The Hall–Kier alpha value is -1.80. The zero-order valence-corrected chi connectivity index (χ0v) is 20.4. The lowest BCUT2D eigenvalue weighted by Crippen LogP contribution is -1.80. The van der Waals surface area contributed by atoms with Gasteiger partial charge in [0.1, 0.15) is 0 Å². The summed E-state index contributed by atoms with van der Waals surface area (Å²) in [5.41, 5.74) is 5.41. The third kappa shape index (κ3) is 3.19. The maximum absolute atomic E-state index is 2.30. The second-order valence-electron chi connectivity index (χ2n) is 6.61. The summed E-state index contributed by atoms with van der Waals surface area (Å²) in [6, 6.07) is 17.8. The summed E-state index contributed by atoms with van der Waals surface area (Å²) in [4.78, 5) is 8.18. The molecule has 6 heterocycles. The predicted octanol–water partition coefficient (Wildman–Crippen LogP) is 10.4. The van der Waals surface area contributed by atoms with Crippen LogP contribution in [0.1, 0.15) is 0 Å². The van der Waals surface area contributed by atoms with E-state index in [4.69, 9.17) is 0 Å². The van der Waals surface area contributed by atoms with Crippen LogP contribution < -0.4 is 0 Å². The van der Waals surface area contributed by atoms with Crippen molar-refractivity contribution >= 4 is 68.0 Å². The maximum Gasteiger partial charge on any atom is 0.0529 e. The van der Waals surface area contributed by atoms with Crippen LogP contribution in [0.2, 0.25) is 0 Å². The van der Waals surface area contributed by atoms with Crippen LogP contribution in [0.15, 0.2) is 80.8 Å². The smallest absolute Gasteiger partial charge is 0.0529 e. The summed E-state index contributed by atoms with van der Waals surface area (Å²) in [7, 11) is 0. The first-order valence-corrected chi connectivity index (χ1v) is 14.6. The van der Waals surface area contributed by atoms with Gasteiger partial charge in [0.05, 0.1) is 4.88 Å². The molecule has 0 aliphatic carbocycles. The minimum absolute atomic E-state index is 1.34. The topological polar surface area (TPSA) is 0 Å². The van der Waals surface area contributed by atoms with Crippen LogP contribution in [0.3, 0.4) is 0 Å². The molecule has 0 bridgehead atoms. The monoisotopic (exact) mass is 494 g/mol. The summed E-state index contributed by atoms with van der Waals surface area (Å²) < 4.78 is 0. The molecule has 0 saturated carbocycles. The highest BCUT2D eigenvalue weighted by atomic mass is 32.1. The van der Waals surface area contributed by atoms with Gasteiger partial charge >= 0.3 is 0 Å². The second-order valence-corrected chi connectivity index (χ2v) is 12.2. The molecule has 0 spiro atoms. The van der Waals surface area contributed by atoms with Crippen molar-refractivity contribution in [2.45, 2.75) is 0 Å².